The van der Waals surface area contributed by atoms with Gasteiger partial charge in [0, 0.05) is 24.4 Å². The van der Waals surface area contributed by atoms with Gasteiger partial charge in [-0.3, -0.25) is 4.79 Å². The third kappa shape index (κ3) is 6.53. The Hall–Kier alpha value is -2.41. The van der Waals surface area contributed by atoms with Crippen molar-refractivity contribution >= 4 is 34.9 Å². The van der Waals surface area contributed by atoms with Crippen molar-refractivity contribution in [2.45, 2.75) is 60.4 Å². The number of anilines is 1. The van der Waals surface area contributed by atoms with E-state index in [4.69, 9.17) is 17.0 Å². The van der Waals surface area contributed by atoms with Gasteiger partial charge in [0.15, 0.2) is 5.11 Å². The number of carbonyl (C=O) groups excluding carboxylic acids is 2. The molecule has 31 heavy (non-hydrogen) atoms. The topological polar surface area (TPSA) is 70.7 Å². The van der Waals surface area contributed by atoms with Crippen molar-refractivity contribution in [1.82, 2.24) is 10.2 Å². The lowest BCUT2D eigenvalue weighted by atomic mass is 9.84. The van der Waals surface area contributed by atoms with E-state index in [0.29, 0.717) is 29.6 Å². The van der Waals surface area contributed by atoms with Crippen LogP contribution in [0.4, 0.5) is 5.69 Å². The molecule has 2 atom stereocenters. The Balaban J connectivity index is 2.16. The van der Waals surface area contributed by atoms with Crippen LogP contribution in [0.2, 0.25) is 0 Å². The van der Waals surface area contributed by atoms with E-state index in [0.717, 1.165) is 23.4 Å². The first-order valence-corrected chi connectivity index (χ1v) is 11.1. The number of nitrogens with zero attached hydrogens (tertiary/aromatic N) is 1. The summed E-state index contributed by atoms with van der Waals surface area (Å²) < 4.78 is 5.02. The summed E-state index contributed by atoms with van der Waals surface area (Å²) in [5, 5.41) is 6.79. The van der Waals surface area contributed by atoms with Crippen molar-refractivity contribution in [3.63, 3.8) is 0 Å². The van der Waals surface area contributed by atoms with Crippen LogP contribution in [0.15, 0.2) is 35.5 Å². The molecule has 2 rings (SSSR count). The van der Waals surface area contributed by atoms with Crippen LogP contribution in [0, 0.1) is 11.3 Å². The van der Waals surface area contributed by atoms with E-state index in [1.807, 2.05) is 43.0 Å². The fourth-order valence-corrected chi connectivity index (χ4v) is 4.58. The predicted molar refractivity (Wildman–Crippen MR) is 128 cm³/mol. The van der Waals surface area contributed by atoms with E-state index >= 15 is 0 Å². The van der Waals surface area contributed by atoms with Crippen molar-refractivity contribution in [1.29, 1.82) is 0 Å². The molecule has 0 saturated heterocycles. The van der Waals surface area contributed by atoms with Crippen LogP contribution in [-0.2, 0) is 14.3 Å². The first-order chi connectivity index (χ1) is 14.5. The summed E-state index contributed by atoms with van der Waals surface area (Å²) in [6, 6.07) is 7.09. The zero-order valence-corrected chi connectivity index (χ0v) is 20.5. The van der Waals surface area contributed by atoms with Crippen LogP contribution in [-0.4, -0.2) is 35.5 Å². The minimum absolute atomic E-state index is 0.00560. The van der Waals surface area contributed by atoms with Crippen LogP contribution >= 0.6 is 12.2 Å². The number of esters is 1. The predicted octanol–water partition coefficient (Wildman–Crippen LogP) is 4.79. The maximum absolute atomic E-state index is 12.5. The number of thiocarbonyl (C=S) groups is 1. The summed E-state index contributed by atoms with van der Waals surface area (Å²) in [5.41, 5.74) is 3.12. The third-order valence-corrected chi connectivity index (χ3v) is 5.68. The molecule has 1 aromatic carbocycles. The zero-order valence-electron chi connectivity index (χ0n) is 19.7. The number of hydrogen-bond donors (Lipinski definition) is 2. The molecule has 1 amide bonds. The second kappa shape index (κ2) is 10.3. The Morgan fingerprint density at radius 1 is 1.26 bits per heavy atom. The van der Waals surface area contributed by atoms with Gasteiger partial charge in [0.05, 0.1) is 18.7 Å². The fraction of sp³-hybridized carbons (Fsp3) is 0.542. The number of rotatable bonds is 7. The molecule has 1 aromatic rings. The van der Waals surface area contributed by atoms with Gasteiger partial charge in [-0.2, -0.15) is 0 Å². The highest BCUT2D eigenvalue weighted by Crippen LogP contribution is 2.32. The molecule has 1 aliphatic rings. The normalized spacial score (nSPS) is 17.8. The number of ether oxygens (including phenoxy) is 1. The maximum atomic E-state index is 12.5. The Labute approximate surface area is 191 Å². The third-order valence-electron chi connectivity index (χ3n) is 5.34. The van der Waals surface area contributed by atoms with E-state index in [1.165, 1.54) is 7.11 Å². The highest BCUT2D eigenvalue weighted by molar-refractivity contribution is 7.80. The summed E-state index contributed by atoms with van der Waals surface area (Å²) in [7, 11) is 1.38. The van der Waals surface area contributed by atoms with Gasteiger partial charge in [0.2, 0.25) is 5.91 Å². The number of benzene rings is 1. The molecule has 0 aromatic heterocycles. The van der Waals surface area contributed by atoms with Gasteiger partial charge in [-0.15, -0.1) is 0 Å². The summed E-state index contributed by atoms with van der Waals surface area (Å²) in [6.07, 6.45) is 1.47. The number of amides is 1. The number of hydrogen-bond acceptors (Lipinski definition) is 4. The van der Waals surface area contributed by atoms with Crippen molar-refractivity contribution < 1.29 is 14.3 Å². The molecule has 0 bridgehead atoms. The lowest BCUT2D eigenvalue weighted by Gasteiger charge is -2.36. The van der Waals surface area contributed by atoms with Gasteiger partial charge in [0.1, 0.15) is 0 Å². The average molecular weight is 446 g/mol. The molecule has 0 unspecified atom stereocenters. The summed E-state index contributed by atoms with van der Waals surface area (Å²) in [4.78, 5) is 26.8. The van der Waals surface area contributed by atoms with Gasteiger partial charge in [-0.25, -0.2) is 4.79 Å². The van der Waals surface area contributed by atoms with E-state index in [-0.39, 0.29) is 17.3 Å². The molecule has 1 heterocycles. The molecule has 6 nitrogen and oxygen atoms in total. The number of allylic oxidation sites excluding steroid dienone is 1. The van der Waals surface area contributed by atoms with Crippen molar-refractivity contribution in [3.8, 4) is 0 Å². The smallest absolute Gasteiger partial charge is 0.337 e. The van der Waals surface area contributed by atoms with Crippen molar-refractivity contribution in [2.75, 3.05) is 19.0 Å². The van der Waals surface area contributed by atoms with Gasteiger partial charge in [-0.1, -0.05) is 39.8 Å². The van der Waals surface area contributed by atoms with Gasteiger partial charge < -0.3 is 20.3 Å². The van der Waals surface area contributed by atoms with Crippen LogP contribution in [0.3, 0.4) is 0 Å². The molecule has 170 valence electrons. The van der Waals surface area contributed by atoms with Crippen LogP contribution in [0.25, 0.3) is 0 Å². The average Bonchev–Trinajstić information content (AvgIpc) is 2.66. The van der Waals surface area contributed by atoms with Crippen LogP contribution in [0.5, 0.6) is 0 Å². The fourth-order valence-electron chi connectivity index (χ4n) is 4.19. The number of methoxy groups -OCH3 is 1. The first-order valence-electron chi connectivity index (χ1n) is 10.7. The van der Waals surface area contributed by atoms with Crippen molar-refractivity contribution in [2.24, 2.45) is 11.3 Å². The molecule has 0 spiro atoms. The summed E-state index contributed by atoms with van der Waals surface area (Å²) in [6.45, 7) is 13.2. The summed E-state index contributed by atoms with van der Waals surface area (Å²) in [5.74, 6) is -0.0730. The molecule has 2 N–H and O–H groups in total. The number of nitrogens with one attached hydrogen (secondary N) is 2. The minimum atomic E-state index is -0.403. The highest BCUT2D eigenvalue weighted by Gasteiger charge is 2.33. The molecule has 0 fully saturated rings. The molecule has 0 radical (unpaired) electrons. The second-order valence-corrected chi connectivity index (χ2v) is 9.75. The second-order valence-electron chi connectivity index (χ2n) is 9.36. The minimum Gasteiger partial charge on any atom is -0.466 e. The van der Waals surface area contributed by atoms with E-state index in [1.54, 1.807) is 0 Å². The standard InChI is InChI=1S/C24H35N3O3S/c1-8-27-16(3)20(22(29)30-7)21(26-23(27)31)17-9-11-18(12-10-17)25-19(28)13-15(2)14-24(4,5)6/h9-12,15,21H,8,13-14H2,1-7H3,(H,25,28)(H,26,31)/t15-,21-/m1/s1. The molecule has 0 saturated carbocycles. The number of carbonyl (C=O) groups is 2. The van der Waals surface area contributed by atoms with Crippen molar-refractivity contribution in [3.05, 3.63) is 41.1 Å². The van der Waals surface area contributed by atoms with Crippen LogP contribution in [0.1, 0.15) is 66.0 Å². The summed E-state index contributed by atoms with van der Waals surface area (Å²) >= 11 is 5.49. The molecule has 7 heteroatoms. The molecular weight excluding hydrogens is 410 g/mol. The van der Waals surface area contributed by atoms with Gasteiger partial charge >= 0.3 is 5.97 Å². The quantitative estimate of drug-likeness (QED) is 0.465. The van der Waals surface area contributed by atoms with Gasteiger partial charge in [0.25, 0.3) is 0 Å². The Morgan fingerprint density at radius 3 is 2.39 bits per heavy atom. The monoisotopic (exact) mass is 445 g/mol. The molecular formula is C24H35N3O3S. The lowest BCUT2D eigenvalue weighted by Crippen LogP contribution is -2.47. The van der Waals surface area contributed by atoms with Crippen LogP contribution < -0.4 is 10.6 Å². The SMILES string of the molecule is CCN1C(=S)N[C@H](c2ccc(NC(=O)C[C@@H](C)CC(C)(C)C)cc2)C(C(=O)OC)=C1C. The Bertz CT molecular complexity index is 856. The maximum Gasteiger partial charge on any atom is 0.337 e. The highest BCUT2D eigenvalue weighted by atomic mass is 32.1. The van der Waals surface area contributed by atoms with Gasteiger partial charge in [-0.05, 0) is 61.5 Å². The Morgan fingerprint density at radius 2 is 1.87 bits per heavy atom. The zero-order chi connectivity index (χ0) is 23.3. The molecule has 1 aliphatic heterocycles. The van der Waals surface area contributed by atoms with E-state index in [2.05, 4.69) is 38.3 Å². The lowest BCUT2D eigenvalue weighted by molar-refractivity contribution is -0.136. The van der Waals surface area contributed by atoms with E-state index in [9.17, 15) is 9.59 Å². The molecule has 0 aliphatic carbocycles. The Kier molecular flexibility index (Phi) is 8.23. The largest absolute Gasteiger partial charge is 0.466 e. The first kappa shape index (κ1) is 24.9. The van der Waals surface area contributed by atoms with E-state index < -0.39 is 6.04 Å².